The average Bonchev–Trinajstić information content (AvgIpc) is 2.40. The SMILES string of the molecule is NC(c1cc(Br)ccc1Cl)c1cnccc1C(F)(F)F. The minimum atomic E-state index is -4.49. The highest BCUT2D eigenvalue weighted by Gasteiger charge is 2.35. The molecule has 0 saturated heterocycles. The molecule has 0 radical (unpaired) electrons. The van der Waals surface area contributed by atoms with E-state index in [4.69, 9.17) is 17.3 Å². The van der Waals surface area contributed by atoms with Crippen molar-refractivity contribution in [2.24, 2.45) is 5.73 Å². The lowest BCUT2D eigenvalue weighted by molar-refractivity contribution is -0.138. The molecule has 1 unspecified atom stereocenters. The Hall–Kier alpha value is -1.11. The molecule has 0 aliphatic carbocycles. The van der Waals surface area contributed by atoms with Crippen molar-refractivity contribution in [2.45, 2.75) is 12.2 Å². The molecule has 7 heteroatoms. The van der Waals surface area contributed by atoms with Crippen molar-refractivity contribution in [1.82, 2.24) is 4.98 Å². The van der Waals surface area contributed by atoms with E-state index in [2.05, 4.69) is 20.9 Å². The Labute approximate surface area is 126 Å². The lowest BCUT2D eigenvalue weighted by atomic mass is 9.96. The zero-order chi connectivity index (χ0) is 14.9. The molecule has 0 aliphatic rings. The molecule has 1 aromatic carbocycles. The third kappa shape index (κ3) is 3.13. The van der Waals surface area contributed by atoms with E-state index in [1.165, 1.54) is 0 Å². The molecule has 0 bridgehead atoms. The third-order valence-electron chi connectivity index (χ3n) is 2.79. The van der Waals surface area contributed by atoms with E-state index in [1.807, 2.05) is 0 Å². The van der Waals surface area contributed by atoms with Gasteiger partial charge in [-0.15, -0.1) is 0 Å². The summed E-state index contributed by atoms with van der Waals surface area (Å²) >= 11 is 9.25. The van der Waals surface area contributed by atoms with E-state index in [-0.39, 0.29) is 5.56 Å². The van der Waals surface area contributed by atoms with E-state index < -0.39 is 17.8 Å². The summed E-state index contributed by atoms with van der Waals surface area (Å²) in [6, 6.07) is 4.75. The van der Waals surface area contributed by atoms with Gasteiger partial charge in [-0.1, -0.05) is 27.5 Å². The first-order chi connectivity index (χ1) is 9.30. The number of hydrogen-bond acceptors (Lipinski definition) is 2. The largest absolute Gasteiger partial charge is 0.416 e. The van der Waals surface area contributed by atoms with Gasteiger partial charge in [0.1, 0.15) is 0 Å². The number of nitrogens with two attached hydrogens (primary N) is 1. The molecule has 0 amide bonds. The first kappa shape index (κ1) is 15.3. The standard InChI is InChI=1S/C13H9BrClF3N2/c14-7-1-2-11(15)8(5-7)12(19)9-6-20-4-3-10(9)13(16,17)18/h1-6,12H,19H2. The second kappa shape index (κ2) is 5.71. The van der Waals surface area contributed by atoms with Crippen molar-refractivity contribution in [3.8, 4) is 0 Å². The summed E-state index contributed by atoms with van der Waals surface area (Å²) < 4.78 is 39.6. The number of halogens is 5. The highest BCUT2D eigenvalue weighted by molar-refractivity contribution is 9.10. The Bertz CT molecular complexity index is 631. The fraction of sp³-hybridized carbons (Fsp3) is 0.154. The third-order valence-corrected chi connectivity index (χ3v) is 3.62. The molecule has 0 aliphatic heterocycles. The van der Waals surface area contributed by atoms with Crippen LogP contribution >= 0.6 is 27.5 Å². The van der Waals surface area contributed by atoms with Crippen LogP contribution in [0.4, 0.5) is 13.2 Å². The molecule has 0 fully saturated rings. The lowest BCUT2D eigenvalue weighted by Gasteiger charge is -2.19. The number of alkyl halides is 3. The summed E-state index contributed by atoms with van der Waals surface area (Å²) in [6.07, 6.45) is -2.29. The normalized spacial score (nSPS) is 13.3. The maximum absolute atomic E-state index is 13.0. The Morgan fingerprint density at radius 2 is 1.90 bits per heavy atom. The number of nitrogens with zero attached hydrogens (tertiary/aromatic N) is 1. The average molecular weight is 366 g/mol. The van der Waals surface area contributed by atoms with Gasteiger partial charge in [-0.25, -0.2) is 0 Å². The molecule has 0 saturated carbocycles. The Morgan fingerprint density at radius 1 is 1.20 bits per heavy atom. The lowest BCUT2D eigenvalue weighted by Crippen LogP contribution is -2.19. The topological polar surface area (TPSA) is 38.9 Å². The van der Waals surface area contributed by atoms with Crippen LogP contribution in [-0.4, -0.2) is 4.98 Å². The van der Waals surface area contributed by atoms with Crippen LogP contribution < -0.4 is 5.73 Å². The molecule has 1 atom stereocenters. The van der Waals surface area contributed by atoms with Gasteiger partial charge in [0, 0.05) is 27.5 Å². The monoisotopic (exact) mass is 364 g/mol. The van der Waals surface area contributed by atoms with Gasteiger partial charge in [-0.05, 0) is 29.8 Å². The van der Waals surface area contributed by atoms with Crippen LogP contribution in [-0.2, 0) is 6.18 Å². The smallest absolute Gasteiger partial charge is 0.320 e. The second-order valence-electron chi connectivity index (χ2n) is 4.10. The molecule has 106 valence electrons. The Morgan fingerprint density at radius 3 is 2.55 bits per heavy atom. The molecule has 1 aromatic heterocycles. The van der Waals surface area contributed by atoms with Gasteiger partial charge in [0.15, 0.2) is 0 Å². The molecular formula is C13H9BrClF3N2. The molecule has 20 heavy (non-hydrogen) atoms. The van der Waals surface area contributed by atoms with E-state index >= 15 is 0 Å². The van der Waals surface area contributed by atoms with Gasteiger partial charge < -0.3 is 5.73 Å². The van der Waals surface area contributed by atoms with Crippen molar-refractivity contribution in [1.29, 1.82) is 0 Å². The molecule has 2 N–H and O–H groups in total. The molecular weight excluding hydrogens is 357 g/mol. The highest BCUT2D eigenvalue weighted by Crippen LogP contribution is 2.37. The van der Waals surface area contributed by atoms with Crippen molar-refractivity contribution < 1.29 is 13.2 Å². The quantitative estimate of drug-likeness (QED) is 0.847. The summed E-state index contributed by atoms with van der Waals surface area (Å²) in [7, 11) is 0. The Balaban J connectivity index is 2.54. The van der Waals surface area contributed by atoms with Crippen LogP contribution in [0.2, 0.25) is 5.02 Å². The molecule has 0 spiro atoms. The second-order valence-corrected chi connectivity index (χ2v) is 5.43. The van der Waals surface area contributed by atoms with Gasteiger partial charge in [0.2, 0.25) is 0 Å². The highest BCUT2D eigenvalue weighted by atomic mass is 79.9. The minimum Gasteiger partial charge on any atom is -0.320 e. The van der Waals surface area contributed by atoms with Crippen LogP contribution in [0.1, 0.15) is 22.7 Å². The summed E-state index contributed by atoms with van der Waals surface area (Å²) in [5.41, 5.74) is 5.42. The summed E-state index contributed by atoms with van der Waals surface area (Å²) in [6.45, 7) is 0. The zero-order valence-electron chi connectivity index (χ0n) is 9.96. The summed E-state index contributed by atoms with van der Waals surface area (Å²) in [5.74, 6) is 0. The fourth-order valence-corrected chi connectivity index (χ4v) is 2.45. The van der Waals surface area contributed by atoms with Crippen LogP contribution in [0.3, 0.4) is 0 Å². The van der Waals surface area contributed by atoms with Crippen LogP contribution in [0.25, 0.3) is 0 Å². The van der Waals surface area contributed by atoms with Gasteiger partial charge >= 0.3 is 6.18 Å². The van der Waals surface area contributed by atoms with Gasteiger partial charge in [-0.2, -0.15) is 13.2 Å². The minimum absolute atomic E-state index is 0.111. The maximum Gasteiger partial charge on any atom is 0.416 e. The predicted octanol–water partition coefficient (Wildman–Crippen LogP) is 4.56. The number of hydrogen-bond donors (Lipinski definition) is 1. The van der Waals surface area contributed by atoms with Crippen LogP contribution in [0.5, 0.6) is 0 Å². The van der Waals surface area contributed by atoms with Crippen molar-refractivity contribution >= 4 is 27.5 Å². The van der Waals surface area contributed by atoms with Gasteiger partial charge in [0.25, 0.3) is 0 Å². The molecule has 1 heterocycles. The molecule has 2 nitrogen and oxygen atoms in total. The van der Waals surface area contributed by atoms with E-state index in [0.717, 1.165) is 18.5 Å². The van der Waals surface area contributed by atoms with Crippen LogP contribution in [0.15, 0.2) is 41.1 Å². The van der Waals surface area contributed by atoms with Crippen molar-refractivity contribution in [3.63, 3.8) is 0 Å². The zero-order valence-corrected chi connectivity index (χ0v) is 12.3. The number of aromatic nitrogens is 1. The van der Waals surface area contributed by atoms with Gasteiger partial charge in [0.05, 0.1) is 11.6 Å². The van der Waals surface area contributed by atoms with E-state index in [0.29, 0.717) is 15.1 Å². The number of benzene rings is 1. The first-order valence-corrected chi connectivity index (χ1v) is 6.69. The first-order valence-electron chi connectivity index (χ1n) is 5.52. The van der Waals surface area contributed by atoms with E-state index in [1.54, 1.807) is 18.2 Å². The van der Waals surface area contributed by atoms with Gasteiger partial charge in [-0.3, -0.25) is 4.98 Å². The van der Waals surface area contributed by atoms with Crippen molar-refractivity contribution in [3.05, 3.63) is 62.8 Å². The Kier molecular flexibility index (Phi) is 4.36. The number of pyridine rings is 1. The predicted molar refractivity (Wildman–Crippen MR) is 74.4 cm³/mol. The fourth-order valence-electron chi connectivity index (χ4n) is 1.83. The van der Waals surface area contributed by atoms with E-state index in [9.17, 15) is 13.2 Å². The molecule has 2 rings (SSSR count). The number of rotatable bonds is 2. The van der Waals surface area contributed by atoms with Crippen LogP contribution in [0, 0.1) is 0 Å². The molecule has 2 aromatic rings. The summed E-state index contributed by atoms with van der Waals surface area (Å²) in [4.78, 5) is 3.72. The maximum atomic E-state index is 13.0. The summed E-state index contributed by atoms with van der Waals surface area (Å²) in [5, 5.41) is 0.303. The van der Waals surface area contributed by atoms with Crippen molar-refractivity contribution in [2.75, 3.05) is 0 Å².